The molecule has 6 heteroatoms. The molecular weight excluding hydrogens is 134 g/mol. The van der Waals surface area contributed by atoms with Crippen molar-refractivity contribution in [2.45, 2.75) is 0 Å². The van der Waals surface area contributed by atoms with Crippen LogP contribution in [0.3, 0.4) is 0 Å². The quantitative estimate of drug-likeness (QED) is 0.410. The highest BCUT2D eigenvalue weighted by molar-refractivity contribution is 5.12. The lowest BCUT2D eigenvalue weighted by molar-refractivity contribution is 0.927. The molecule has 54 valence electrons. The molecule has 0 saturated carbocycles. The monoisotopic (exact) mass is 141 g/mol. The molecule has 0 unspecified atom stereocenters. The Morgan fingerprint density at radius 3 is 2.50 bits per heavy atom. The minimum absolute atomic E-state index is 0.134. The smallest absolute Gasteiger partial charge is 0.302 e. The Kier molecular flexibility index (Phi) is 3.60. The van der Waals surface area contributed by atoms with Gasteiger partial charge in [-0.25, -0.2) is 10.3 Å². The van der Waals surface area contributed by atoms with Gasteiger partial charge in [0.25, 0.3) is 0 Å². The van der Waals surface area contributed by atoms with Gasteiger partial charge in [0.1, 0.15) is 6.07 Å². The Hall–Kier alpha value is -1.61. The summed E-state index contributed by atoms with van der Waals surface area (Å²) in [6, 6.07) is 1.59. The third kappa shape index (κ3) is 1.72. The molecule has 0 aliphatic heterocycles. The minimum atomic E-state index is -0.479. The van der Waals surface area contributed by atoms with E-state index < -0.39 is 5.56 Å². The van der Waals surface area contributed by atoms with Crippen molar-refractivity contribution in [1.82, 2.24) is 15.4 Å². The minimum Gasteiger partial charge on any atom is -0.333 e. The molecule has 0 fully saturated rings. The molecule has 1 aromatic heterocycles. The maximum absolute atomic E-state index is 10.3. The third-order valence-corrected chi connectivity index (χ3v) is 0.658. The average Bonchev–Trinajstić information content (AvgIpc) is 2.39. The van der Waals surface area contributed by atoms with Gasteiger partial charge < -0.3 is 5.73 Å². The van der Waals surface area contributed by atoms with Crippen molar-refractivity contribution < 1.29 is 0 Å². The van der Waals surface area contributed by atoms with E-state index in [1.54, 1.807) is 6.07 Å². The van der Waals surface area contributed by atoms with Crippen LogP contribution in [0.15, 0.2) is 4.79 Å². The number of hydrogen-bond acceptors (Lipinski definition) is 4. The number of aromatic nitrogens is 3. The van der Waals surface area contributed by atoms with Crippen molar-refractivity contribution in [3.05, 3.63) is 16.0 Å². The van der Waals surface area contributed by atoms with Crippen LogP contribution in [0.1, 0.15) is 5.69 Å². The Bertz CT molecular complexity index is 266. The van der Waals surface area contributed by atoms with E-state index in [0.717, 1.165) is 0 Å². The molecule has 0 amide bonds. The SMILES string of the molecule is CN.N#Cc1n[nH][nH]c1=O. The van der Waals surface area contributed by atoms with E-state index in [0.29, 0.717) is 0 Å². The number of nitrogens with two attached hydrogens (primary N) is 1. The standard InChI is InChI=1S/C3H2N4O.CH5N/c4-1-2-3(8)6-7-5-2;1-2/h(H2,5,6,7,8);2H2,1H3. The molecule has 1 aromatic rings. The summed E-state index contributed by atoms with van der Waals surface area (Å²) in [4.78, 5) is 10.3. The van der Waals surface area contributed by atoms with Crippen molar-refractivity contribution in [2.24, 2.45) is 5.73 Å². The molecule has 10 heavy (non-hydrogen) atoms. The fourth-order valence-electron chi connectivity index (χ4n) is 0.320. The fourth-order valence-corrected chi connectivity index (χ4v) is 0.320. The highest BCUT2D eigenvalue weighted by atomic mass is 16.1. The zero-order chi connectivity index (χ0) is 7.98. The Labute approximate surface area is 56.6 Å². The molecular formula is C4H7N5O. The molecule has 1 rings (SSSR count). The lowest BCUT2D eigenvalue weighted by Crippen LogP contribution is -2.01. The van der Waals surface area contributed by atoms with Crippen LogP contribution in [0, 0.1) is 11.3 Å². The number of hydrogen-bond donors (Lipinski definition) is 3. The van der Waals surface area contributed by atoms with Gasteiger partial charge in [0.2, 0.25) is 5.69 Å². The summed E-state index contributed by atoms with van der Waals surface area (Å²) >= 11 is 0. The van der Waals surface area contributed by atoms with Gasteiger partial charge in [0.05, 0.1) is 0 Å². The Morgan fingerprint density at radius 1 is 1.70 bits per heavy atom. The second-order valence-electron chi connectivity index (χ2n) is 1.14. The summed E-state index contributed by atoms with van der Waals surface area (Å²) < 4.78 is 0. The van der Waals surface area contributed by atoms with E-state index in [-0.39, 0.29) is 5.69 Å². The van der Waals surface area contributed by atoms with Gasteiger partial charge in [-0.15, -0.1) is 5.10 Å². The largest absolute Gasteiger partial charge is 0.333 e. The van der Waals surface area contributed by atoms with Gasteiger partial charge in [-0.2, -0.15) is 5.26 Å². The van der Waals surface area contributed by atoms with Crippen LogP contribution in [-0.4, -0.2) is 22.5 Å². The summed E-state index contributed by atoms with van der Waals surface area (Å²) in [5.74, 6) is 0. The maximum atomic E-state index is 10.3. The highest BCUT2D eigenvalue weighted by Gasteiger charge is 1.95. The maximum Gasteiger partial charge on any atom is 0.302 e. The van der Waals surface area contributed by atoms with Crippen molar-refractivity contribution in [3.63, 3.8) is 0 Å². The van der Waals surface area contributed by atoms with Gasteiger partial charge in [0.15, 0.2) is 0 Å². The molecule has 4 N–H and O–H groups in total. The van der Waals surface area contributed by atoms with E-state index >= 15 is 0 Å². The number of H-pyrrole nitrogens is 2. The van der Waals surface area contributed by atoms with Crippen LogP contribution in [0.4, 0.5) is 0 Å². The Balaban J connectivity index is 0.000000371. The van der Waals surface area contributed by atoms with Gasteiger partial charge in [-0.05, 0) is 7.05 Å². The van der Waals surface area contributed by atoms with E-state index in [9.17, 15) is 4.79 Å². The van der Waals surface area contributed by atoms with Gasteiger partial charge in [-0.3, -0.25) is 4.79 Å². The second-order valence-corrected chi connectivity index (χ2v) is 1.14. The molecule has 6 nitrogen and oxygen atoms in total. The number of rotatable bonds is 0. The molecule has 0 bridgehead atoms. The van der Waals surface area contributed by atoms with E-state index in [1.165, 1.54) is 7.05 Å². The molecule has 0 saturated heterocycles. The predicted molar refractivity (Wildman–Crippen MR) is 34.0 cm³/mol. The number of nitriles is 1. The van der Waals surface area contributed by atoms with Crippen LogP contribution >= 0.6 is 0 Å². The van der Waals surface area contributed by atoms with Crippen molar-refractivity contribution in [3.8, 4) is 6.07 Å². The first kappa shape index (κ1) is 8.39. The average molecular weight is 141 g/mol. The van der Waals surface area contributed by atoms with Gasteiger partial charge >= 0.3 is 5.56 Å². The third-order valence-electron chi connectivity index (χ3n) is 0.658. The first-order valence-corrected chi connectivity index (χ1v) is 2.45. The molecule has 0 radical (unpaired) electrons. The zero-order valence-corrected chi connectivity index (χ0v) is 5.38. The fraction of sp³-hybridized carbons (Fsp3) is 0.250. The lowest BCUT2D eigenvalue weighted by atomic mass is 10.5. The van der Waals surface area contributed by atoms with E-state index in [2.05, 4.69) is 21.1 Å². The zero-order valence-electron chi connectivity index (χ0n) is 5.38. The molecule has 1 heterocycles. The van der Waals surface area contributed by atoms with Crippen LogP contribution < -0.4 is 11.3 Å². The summed E-state index contributed by atoms with van der Waals surface area (Å²) in [5, 5.41) is 15.6. The summed E-state index contributed by atoms with van der Waals surface area (Å²) in [7, 11) is 1.50. The van der Waals surface area contributed by atoms with Crippen LogP contribution in [0.25, 0.3) is 0 Å². The van der Waals surface area contributed by atoms with Gasteiger partial charge in [-0.1, -0.05) is 0 Å². The van der Waals surface area contributed by atoms with Gasteiger partial charge in [0, 0.05) is 0 Å². The molecule has 0 spiro atoms. The number of nitrogens with zero attached hydrogens (tertiary/aromatic N) is 2. The topological polar surface area (TPSA) is 111 Å². The first-order chi connectivity index (χ1) is 4.84. The summed E-state index contributed by atoms with van der Waals surface area (Å²) in [5.41, 5.74) is 3.89. The van der Waals surface area contributed by atoms with E-state index in [1.807, 2.05) is 0 Å². The number of nitrogens with one attached hydrogen (secondary N) is 2. The van der Waals surface area contributed by atoms with Crippen LogP contribution in [0.5, 0.6) is 0 Å². The van der Waals surface area contributed by atoms with Crippen LogP contribution in [0.2, 0.25) is 0 Å². The Morgan fingerprint density at radius 2 is 2.30 bits per heavy atom. The molecule has 0 aromatic carbocycles. The lowest BCUT2D eigenvalue weighted by Gasteiger charge is -1.59. The van der Waals surface area contributed by atoms with Crippen molar-refractivity contribution in [1.29, 1.82) is 5.26 Å². The normalized spacial score (nSPS) is 7.30. The first-order valence-electron chi connectivity index (χ1n) is 2.45. The molecule has 0 aliphatic rings. The van der Waals surface area contributed by atoms with E-state index in [4.69, 9.17) is 5.26 Å². The highest BCUT2D eigenvalue weighted by Crippen LogP contribution is 1.69. The van der Waals surface area contributed by atoms with Crippen molar-refractivity contribution in [2.75, 3.05) is 7.05 Å². The molecule has 0 aliphatic carbocycles. The van der Waals surface area contributed by atoms with Crippen molar-refractivity contribution >= 4 is 0 Å². The second kappa shape index (κ2) is 4.29. The number of aromatic amines is 2. The summed E-state index contributed by atoms with van der Waals surface area (Å²) in [6.45, 7) is 0. The molecule has 0 atom stereocenters. The predicted octanol–water partition coefficient (Wildman–Crippen LogP) is -1.46. The van der Waals surface area contributed by atoms with Crippen LogP contribution in [-0.2, 0) is 0 Å². The summed E-state index contributed by atoms with van der Waals surface area (Å²) in [6.07, 6.45) is 0.